The highest BCUT2D eigenvalue weighted by molar-refractivity contribution is 6.05. The number of ether oxygens (including phenoxy) is 2. The van der Waals surface area contributed by atoms with Crippen molar-refractivity contribution in [1.29, 1.82) is 0 Å². The van der Waals surface area contributed by atoms with Gasteiger partial charge in [-0.25, -0.2) is 0 Å². The minimum absolute atomic E-state index is 0.0897. The monoisotopic (exact) mass is 360 g/mol. The van der Waals surface area contributed by atoms with Crippen LogP contribution in [0.1, 0.15) is 30.4 Å². The number of fused-ring (bicyclic) bond motifs is 2. The van der Waals surface area contributed by atoms with E-state index in [1.165, 1.54) is 7.11 Å². The van der Waals surface area contributed by atoms with Crippen molar-refractivity contribution in [3.8, 4) is 23.7 Å². The smallest absolute Gasteiger partial charge is 0.309 e. The largest absolute Gasteiger partial charge is 0.469 e. The van der Waals surface area contributed by atoms with Gasteiger partial charge in [-0.05, 0) is 36.1 Å². The zero-order valence-corrected chi connectivity index (χ0v) is 15.2. The van der Waals surface area contributed by atoms with Crippen molar-refractivity contribution in [3.63, 3.8) is 0 Å². The Bertz CT molecular complexity index is 913. The second-order valence-corrected chi connectivity index (χ2v) is 6.38. The number of hydrogen-bond acceptors (Lipinski definition) is 4. The molecule has 4 nitrogen and oxygen atoms in total. The molecule has 0 saturated heterocycles. The Balaban J connectivity index is 1.75. The van der Waals surface area contributed by atoms with Crippen LogP contribution in [-0.2, 0) is 32.1 Å². The summed E-state index contributed by atoms with van der Waals surface area (Å²) < 4.78 is 10.7. The van der Waals surface area contributed by atoms with Crippen LogP contribution in [0.2, 0.25) is 0 Å². The lowest BCUT2D eigenvalue weighted by atomic mass is 9.82. The first-order valence-corrected chi connectivity index (χ1v) is 8.81. The lowest BCUT2D eigenvalue weighted by Crippen LogP contribution is -2.43. The number of Topliss-reactive ketones (excluding diaryl/α,β-unsaturated/α-hetero) is 1. The molecule has 1 aromatic rings. The van der Waals surface area contributed by atoms with Gasteiger partial charge < -0.3 is 9.47 Å². The zero-order valence-electron chi connectivity index (χ0n) is 15.2. The van der Waals surface area contributed by atoms with Crippen molar-refractivity contribution in [1.82, 2.24) is 0 Å². The Morgan fingerprint density at radius 2 is 1.89 bits per heavy atom. The molecule has 0 radical (unpaired) electrons. The summed E-state index contributed by atoms with van der Waals surface area (Å²) in [5.41, 5.74) is 1.32. The first-order chi connectivity index (χ1) is 13.1. The standard InChI is InChI=1S/C23H20O4/c1-26-21(24)16-18-10-12-19(13-11-18)17-27-23-14-6-4-2-3-5-8-20(22(23)25)9-7-15-23/h2,4,9-13H,7-8,15-17H2,1H3/b4-2-. The maximum Gasteiger partial charge on any atom is 0.309 e. The van der Waals surface area contributed by atoms with Gasteiger partial charge in [0.25, 0.3) is 0 Å². The number of methoxy groups -OCH3 is 1. The van der Waals surface area contributed by atoms with Gasteiger partial charge in [0.2, 0.25) is 5.78 Å². The molecule has 0 fully saturated rings. The molecular weight excluding hydrogens is 340 g/mol. The Kier molecular flexibility index (Phi) is 5.91. The number of ketones is 1. The lowest BCUT2D eigenvalue weighted by molar-refractivity contribution is -0.139. The molecule has 136 valence electrons. The molecule has 0 aromatic heterocycles. The molecule has 0 N–H and O–H groups in total. The van der Waals surface area contributed by atoms with Crippen molar-refractivity contribution in [2.24, 2.45) is 0 Å². The molecule has 2 bridgehead atoms. The van der Waals surface area contributed by atoms with Crippen LogP contribution < -0.4 is 0 Å². The van der Waals surface area contributed by atoms with E-state index >= 15 is 0 Å². The second kappa shape index (κ2) is 8.54. The third-order valence-electron chi connectivity index (χ3n) is 4.53. The van der Waals surface area contributed by atoms with Gasteiger partial charge in [0.05, 0.1) is 20.1 Å². The highest BCUT2D eigenvalue weighted by Gasteiger charge is 2.41. The fourth-order valence-corrected chi connectivity index (χ4v) is 3.01. The zero-order chi connectivity index (χ0) is 19.1. The van der Waals surface area contributed by atoms with Crippen LogP contribution in [0.4, 0.5) is 0 Å². The molecule has 0 spiro atoms. The molecule has 2 aliphatic carbocycles. The van der Waals surface area contributed by atoms with E-state index in [0.29, 0.717) is 18.4 Å². The molecule has 0 saturated carbocycles. The minimum Gasteiger partial charge on any atom is -0.469 e. The molecule has 4 heteroatoms. The van der Waals surface area contributed by atoms with Crippen molar-refractivity contribution < 1.29 is 19.1 Å². The second-order valence-electron chi connectivity index (χ2n) is 6.38. The topological polar surface area (TPSA) is 52.6 Å². The number of allylic oxidation sites excluding steroid dienone is 3. The maximum absolute atomic E-state index is 13.0. The number of esters is 1. The SMILES string of the molecule is COC(=O)Cc1ccc(COC23C#C/C=C\C#CCC(=CCC2)C3=O)cc1. The van der Waals surface area contributed by atoms with Crippen molar-refractivity contribution >= 4 is 11.8 Å². The molecule has 1 atom stereocenters. The van der Waals surface area contributed by atoms with E-state index in [1.807, 2.05) is 30.3 Å². The molecule has 2 aliphatic rings. The van der Waals surface area contributed by atoms with E-state index in [9.17, 15) is 9.59 Å². The van der Waals surface area contributed by atoms with Gasteiger partial charge in [0.15, 0.2) is 5.60 Å². The molecule has 0 heterocycles. The lowest BCUT2D eigenvalue weighted by Gasteiger charge is -2.31. The Hall–Kier alpha value is -3.08. The number of rotatable bonds is 5. The molecule has 1 aromatic carbocycles. The van der Waals surface area contributed by atoms with Crippen molar-refractivity contribution in [3.05, 3.63) is 59.2 Å². The Labute approximate surface area is 159 Å². The highest BCUT2D eigenvalue weighted by atomic mass is 16.5. The summed E-state index contributed by atoms with van der Waals surface area (Å²) in [5.74, 6) is 11.4. The molecule has 27 heavy (non-hydrogen) atoms. The number of carbonyl (C=O) groups excluding carboxylic acids is 2. The number of carbonyl (C=O) groups is 2. The maximum atomic E-state index is 13.0. The summed E-state index contributed by atoms with van der Waals surface area (Å²) in [6.07, 6.45) is 7.19. The molecule has 0 amide bonds. The summed E-state index contributed by atoms with van der Waals surface area (Å²) >= 11 is 0. The average molecular weight is 360 g/mol. The van der Waals surface area contributed by atoms with Crippen LogP contribution in [0, 0.1) is 23.7 Å². The summed E-state index contributed by atoms with van der Waals surface area (Å²) in [6, 6.07) is 7.49. The van der Waals surface area contributed by atoms with Gasteiger partial charge in [-0.3, -0.25) is 9.59 Å². The molecule has 1 unspecified atom stereocenters. The Morgan fingerprint density at radius 1 is 1.15 bits per heavy atom. The Morgan fingerprint density at radius 3 is 2.67 bits per heavy atom. The van der Waals surface area contributed by atoms with Gasteiger partial charge in [-0.15, -0.1) is 0 Å². The summed E-state index contributed by atoms with van der Waals surface area (Å²) in [6.45, 7) is 0.265. The van der Waals surface area contributed by atoms with Gasteiger partial charge in [0, 0.05) is 12.0 Å². The summed E-state index contributed by atoms with van der Waals surface area (Å²) in [5, 5.41) is 0. The third kappa shape index (κ3) is 4.56. The van der Waals surface area contributed by atoms with Crippen LogP contribution in [0.5, 0.6) is 0 Å². The van der Waals surface area contributed by atoms with Gasteiger partial charge in [0.1, 0.15) is 0 Å². The van der Waals surface area contributed by atoms with Crippen LogP contribution >= 0.6 is 0 Å². The number of benzene rings is 1. The van der Waals surface area contributed by atoms with E-state index in [0.717, 1.165) is 17.5 Å². The summed E-state index contributed by atoms with van der Waals surface area (Å²) in [4.78, 5) is 24.3. The van der Waals surface area contributed by atoms with Gasteiger partial charge >= 0.3 is 5.97 Å². The van der Waals surface area contributed by atoms with Crippen molar-refractivity contribution in [2.45, 2.75) is 37.9 Å². The normalized spacial score (nSPS) is 21.7. The quantitative estimate of drug-likeness (QED) is 0.598. The fourth-order valence-electron chi connectivity index (χ4n) is 3.01. The first-order valence-electron chi connectivity index (χ1n) is 8.81. The minimum atomic E-state index is -1.13. The van der Waals surface area contributed by atoms with E-state index in [-0.39, 0.29) is 24.8 Å². The van der Waals surface area contributed by atoms with Crippen LogP contribution in [0.3, 0.4) is 0 Å². The summed E-state index contributed by atoms with van der Waals surface area (Å²) in [7, 11) is 1.37. The van der Waals surface area contributed by atoms with Crippen molar-refractivity contribution in [2.75, 3.05) is 7.11 Å². The van der Waals surface area contributed by atoms with Gasteiger partial charge in [-0.1, -0.05) is 54.0 Å². The predicted octanol–water partition coefficient (Wildman–Crippen LogP) is 2.91. The highest BCUT2D eigenvalue weighted by Crippen LogP contribution is 2.31. The predicted molar refractivity (Wildman–Crippen MR) is 101 cm³/mol. The fraction of sp³-hybridized carbons (Fsp3) is 0.304. The molecular formula is C23H20O4. The van der Waals surface area contributed by atoms with Crippen LogP contribution in [0.25, 0.3) is 0 Å². The van der Waals surface area contributed by atoms with Crippen LogP contribution in [0.15, 0.2) is 48.1 Å². The van der Waals surface area contributed by atoms with E-state index in [4.69, 9.17) is 4.74 Å². The van der Waals surface area contributed by atoms with E-state index < -0.39 is 5.60 Å². The van der Waals surface area contributed by atoms with E-state index in [2.05, 4.69) is 28.4 Å². The molecule has 3 rings (SSSR count). The van der Waals surface area contributed by atoms with Gasteiger partial charge in [-0.2, -0.15) is 0 Å². The van der Waals surface area contributed by atoms with Crippen LogP contribution in [-0.4, -0.2) is 24.5 Å². The first kappa shape index (κ1) is 18.7. The number of hydrogen-bond donors (Lipinski definition) is 0. The average Bonchev–Trinajstić information content (AvgIpc) is 2.68. The third-order valence-corrected chi connectivity index (χ3v) is 4.53. The van der Waals surface area contributed by atoms with E-state index in [1.54, 1.807) is 12.2 Å². The molecule has 0 aliphatic heterocycles.